The standard InChI is InChI=1S/C25H22F3N5O3/c1-24-11-9-22(35)33(24)19-6-3-2-5-17(19)23(36)31(24)14-10-21(34)30-18-15-16(25(26,27)28)7-8-20(18)32-13-4-12-29-32/h2-8,12-13,15H,9-11,14H2,1H3,(H,30,34). The van der Waals surface area contributed by atoms with Crippen LogP contribution in [0.25, 0.3) is 5.69 Å². The number of hydrogen-bond donors (Lipinski definition) is 1. The predicted octanol–water partition coefficient (Wildman–Crippen LogP) is 4.22. The fraction of sp³-hybridized carbons (Fsp3) is 0.280. The molecule has 5 rings (SSSR count). The van der Waals surface area contributed by atoms with E-state index >= 15 is 0 Å². The van der Waals surface area contributed by atoms with Gasteiger partial charge in [-0.3, -0.25) is 19.3 Å². The molecule has 0 radical (unpaired) electrons. The lowest BCUT2D eigenvalue weighted by Gasteiger charge is -2.48. The van der Waals surface area contributed by atoms with Gasteiger partial charge in [0.25, 0.3) is 5.91 Å². The number of alkyl halides is 3. The van der Waals surface area contributed by atoms with Crippen LogP contribution < -0.4 is 10.2 Å². The summed E-state index contributed by atoms with van der Waals surface area (Å²) in [6.07, 6.45) is -1.08. The lowest BCUT2D eigenvalue weighted by atomic mass is 9.98. The second kappa shape index (κ2) is 8.51. The number of amides is 3. The zero-order chi connectivity index (χ0) is 25.7. The average molecular weight is 497 g/mol. The van der Waals surface area contributed by atoms with Crippen molar-refractivity contribution in [2.24, 2.45) is 0 Å². The van der Waals surface area contributed by atoms with Gasteiger partial charge in [0.1, 0.15) is 5.66 Å². The van der Waals surface area contributed by atoms with Crippen LogP contribution in [0.5, 0.6) is 0 Å². The summed E-state index contributed by atoms with van der Waals surface area (Å²) >= 11 is 0. The third-order valence-electron chi connectivity index (χ3n) is 6.66. The maximum absolute atomic E-state index is 13.3. The molecule has 0 spiro atoms. The Morgan fingerprint density at radius 1 is 1.11 bits per heavy atom. The van der Waals surface area contributed by atoms with Gasteiger partial charge in [0.15, 0.2) is 0 Å². The molecule has 186 valence electrons. The molecule has 2 aliphatic rings. The summed E-state index contributed by atoms with van der Waals surface area (Å²) in [4.78, 5) is 42.0. The zero-order valence-electron chi connectivity index (χ0n) is 19.2. The SMILES string of the molecule is CC12CCC(=O)N1c1ccccc1C(=O)N2CCC(=O)Nc1cc(C(F)(F)F)ccc1-n1cccn1. The molecule has 2 aromatic carbocycles. The van der Waals surface area contributed by atoms with Crippen molar-refractivity contribution in [2.75, 3.05) is 16.8 Å². The lowest BCUT2D eigenvalue weighted by molar-refractivity contribution is -0.137. The van der Waals surface area contributed by atoms with Crippen LogP contribution in [0.2, 0.25) is 0 Å². The molecule has 1 unspecified atom stereocenters. The smallest absolute Gasteiger partial charge is 0.324 e. The third-order valence-corrected chi connectivity index (χ3v) is 6.66. The Balaban J connectivity index is 1.39. The first-order chi connectivity index (χ1) is 17.1. The van der Waals surface area contributed by atoms with Crippen molar-refractivity contribution < 1.29 is 27.6 Å². The Hall–Kier alpha value is -4.15. The number of halogens is 3. The molecule has 1 fully saturated rings. The van der Waals surface area contributed by atoms with Gasteiger partial charge in [-0.25, -0.2) is 4.68 Å². The minimum Gasteiger partial charge on any atom is -0.324 e. The van der Waals surface area contributed by atoms with Crippen molar-refractivity contribution >= 4 is 29.1 Å². The molecule has 1 atom stereocenters. The minimum atomic E-state index is -4.59. The monoisotopic (exact) mass is 497 g/mol. The van der Waals surface area contributed by atoms with Gasteiger partial charge in [-0.2, -0.15) is 18.3 Å². The maximum atomic E-state index is 13.3. The van der Waals surface area contributed by atoms with Gasteiger partial charge in [-0.1, -0.05) is 12.1 Å². The van der Waals surface area contributed by atoms with Gasteiger partial charge >= 0.3 is 6.18 Å². The van der Waals surface area contributed by atoms with Crippen molar-refractivity contribution in [1.82, 2.24) is 14.7 Å². The summed E-state index contributed by atoms with van der Waals surface area (Å²) in [5.41, 5.74) is -0.726. The van der Waals surface area contributed by atoms with Crippen LogP contribution in [-0.2, 0) is 15.8 Å². The van der Waals surface area contributed by atoms with E-state index in [9.17, 15) is 27.6 Å². The number of nitrogens with one attached hydrogen (secondary N) is 1. The van der Waals surface area contributed by atoms with Crippen molar-refractivity contribution in [1.29, 1.82) is 0 Å². The molecule has 11 heteroatoms. The number of aromatic nitrogens is 2. The summed E-state index contributed by atoms with van der Waals surface area (Å²) in [7, 11) is 0. The van der Waals surface area contributed by atoms with Crippen LogP contribution >= 0.6 is 0 Å². The fourth-order valence-electron chi connectivity index (χ4n) is 4.89. The summed E-state index contributed by atoms with van der Waals surface area (Å²) in [6, 6.07) is 11.4. The molecule has 36 heavy (non-hydrogen) atoms. The number of benzene rings is 2. The van der Waals surface area contributed by atoms with Crippen LogP contribution in [0.4, 0.5) is 24.5 Å². The number of para-hydroxylation sites is 1. The Morgan fingerprint density at radius 3 is 2.61 bits per heavy atom. The molecule has 1 N–H and O–H groups in total. The second-order valence-electron chi connectivity index (χ2n) is 8.90. The van der Waals surface area contributed by atoms with E-state index < -0.39 is 23.3 Å². The number of fused-ring (bicyclic) bond motifs is 3. The summed E-state index contributed by atoms with van der Waals surface area (Å²) in [5, 5.41) is 6.59. The number of rotatable bonds is 5. The molecular formula is C25H22F3N5O3. The molecule has 8 nitrogen and oxygen atoms in total. The van der Waals surface area contributed by atoms with E-state index in [4.69, 9.17) is 0 Å². The molecule has 3 amide bonds. The highest BCUT2D eigenvalue weighted by Gasteiger charge is 2.52. The molecular weight excluding hydrogens is 475 g/mol. The highest BCUT2D eigenvalue weighted by Crippen LogP contribution is 2.44. The van der Waals surface area contributed by atoms with Crippen LogP contribution in [0.15, 0.2) is 60.9 Å². The Labute approximate surface area is 204 Å². The summed E-state index contributed by atoms with van der Waals surface area (Å²) < 4.78 is 41.3. The number of anilines is 2. The largest absolute Gasteiger partial charge is 0.416 e. The summed E-state index contributed by atoms with van der Waals surface area (Å²) in [5.74, 6) is -0.989. The van der Waals surface area contributed by atoms with Crippen molar-refractivity contribution in [3.05, 3.63) is 72.1 Å². The molecule has 0 saturated carbocycles. The van der Waals surface area contributed by atoms with Gasteiger partial charge in [0, 0.05) is 31.8 Å². The molecule has 0 bridgehead atoms. The first-order valence-electron chi connectivity index (χ1n) is 11.3. The Morgan fingerprint density at radius 2 is 1.89 bits per heavy atom. The Bertz CT molecular complexity index is 1360. The van der Waals surface area contributed by atoms with E-state index in [0.29, 0.717) is 17.7 Å². The molecule has 1 aromatic heterocycles. The summed E-state index contributed by atoms with van der Waals surface area (Å²) in [6.45, 7) is 1.77. The lowest BCUT2D eigenvalue weighted by Crippen LogP contribution is -2.62. The molecule has 2 aliphatic heterocycles. The number of nitrogens with zero attached hydrogens (tertiary/aromatic N) is 4. The average Bonchev–Trinajstić information content (AvgIpc) is 3.47. The quantitative estimate of drug-likeness (QED) is 0.572. The van der Waals surface area contributed by atoms with E-state index in [1.54, 1.807) is 48.4 Å². The van der Waals surface area contributed by atoms with Crippen LogP contribution in [0.1, 0.15) is 42.1 Å². The first-order valence-corrected chi connectivity index (χ1v) is 11.3. The second-order valence-corrected chi connectivity index (χ2v) is 8.90. The first kappa shape index (κ1) is 23.6. The van der Waals surface area contributed by atoms with Gasteiger partial charge < -0.3 is 10.2 Å². The minimum absolute atomic E-state index is 0.0185. The highest BCUT2D eigenvalue weighted by atomic mass is 19.4. The van der Waals surface area contributed by atoms with Crippen LogP contribution in [0, 0.1) is 0 Å². The predicted molar refractivity (Wildman–Crippen MR) is 124 cm³/mol. The normalized spacial score (nSPS) is 19.3. The third kappa shape index (κ3) is 3.90. The van der Waals surface area contributed by atoms with Gasteiger partial charge in [-0.05, 0) is 49.7 Å². The molecule has 0 aliphatic carbocycles. The maximum Gasteiger partial charge on any atom is 0.416 e. The molecule has 3 heterocycles. The van der Waals surface area contributed by atoms with Gasteiger partial charge in [0.05, 0.1) is 28.2 Å². The van der Waals surface area contributed by atoms with Crippen LogP contribution in [-0.4, -0.2) is 44.6 Å². The van der Waals surface area contributed by atoms with E-state index in [1.165, 1.54) is 21.8 Å². The molecule has 1 saturated heterocycles. The van der Waals surface area contributed by atoms with Crippen molar-refractivity contribution in [2.45, 2.75) is 38.0 Å². The van der Waals surface area contributed by atoms with E-state index in [1.807, 2.05) is 0 Å². The van der Waals surface area contributed by atoms with Crippen molar-refractivity contribution in [3.8, 4) is 5.69 Å². The highest BCUT2D eigenvalue weighted by molar-refractivity contribution is 6.10. The van der Waals surface area contributed by atoms with Gasteiger partial charge in [0.2, 0.25) is 11.8 Å². The zero-order valence-corrected chi connectivity index (χ0v) is 19.2. The number of carbonyl (C=O) groups is 3. The number of carbonyl (C=O) groups excluding carboxylic acids is 3. The Kier molecular flexibility index (Phi) is 5.57. The van der Waals surface area contributed by atoms with Gasteiger partial charge in [-0.15, -0.1) is 0 Å². The van der Waals surface area contributed by atoms with E-state index in [0.717, 1.165) is 12.1 Å². The molecule has 3 aromatic rings. The van der Waals surface area contributed by atoms with Crippen LogP contribution in [0.3, 0.4) is 0 Å². The van der Waals surface area contributed by atoms with E-state index in [2.05, 4.69) is 10.4 Å². The number of hydrogen-bond acceptors (Lipinski definition) is 4. The fourth-order valence-corrected chi connectivity index (χ4v) is 4.89. The van der Waals surface area contributed by atoms with Crippen molar-refractivity contribution in [3.63, 3.8) is 0 Å². The van der Waals surface area contributed by atoms with E-state index in [-0.39, 0.29) is 42.6 Å². The topological polar surface area (TPSA) is 87.5 Å².